The van der Waals surface area contributed by atoms with E-state index in [0.29, 0.717) is 36.2 Å². The molecule has 7 heteroatoms. The molecule has 2 atom stereocenters. The topological polar surface area (TPSA) is 91.5 Å². The highest BCUT2D eigenvalue weighted by Gasteiger charge is 2.32. The average molecular weight is 366 g/mol. The number of aliphatic hydroxyl groups excluding tert-OH is 2. The number of aliphatic hydroxyl groups is 2. The van der Waals surface area contributed by atoms with Crippen molar-refractivity contribution in [3.63, 3.8) is 0 Å². The van der Waals surface area contributed by atoms with Gasteiger partial charge in [-0.3, -0.25) is 4.79 Å². The number of hydrogen-bond donors (Lipinski definition) is 2. The molecule has 2 N–H and O–H groups in total. The molecule has 0 radical (unpaired) electrons. The maximum absolute atomic E-state index is 13.1. The largest absolute Gasteiger partial charge is 0.396 e. The van der Waals surface area contributed by atoms with E-state index in [-0.39, 0.29) is 25.0 Å². The highest BCUT2D eigenvalue weighted by Crippen LogP contribution is 2.23. The number of fused-ring (bicyclic) bond motifs is 1. The van der Waals surface area contributed by atoms with E-state index in [1.54, 1.807) is 21.8 Å². The van der Waals surface area contributed by atoms with E-state index < -0.39 is 6.10 Å². The van der Waals surface area contributed by atoms with E-state index in [2.05, 4.69) is 10.1 Å². The molecule has 1 saturated heterocycles. The number of aromatic nitrogens is 3. The van der Waals surface area contributed by atoms with Crippen LogP contribution in [-0.4, -0.2) is 61.6 Å². The van der Waals surface area contributed by atoms with Crippen molar-refractivity contribution < 1.29 is 15.0 Å². The number of piperidine rings is 1. The zero-order valence-electron chi connectivity index (χ0n) is 14.9. The normalized spacial score (nSPS) is 20.1. The molecular weight excluding hydrogens is 344 g/mol. The smallest absolute Gasteiger partial charge is 0.275 e. The molecule has 1 amide bonds. The Hall–Kier alpha value is -2.77. The number of carbonyl (C=O) groups is 1. The second kappa shape index (κ2) is 7.46. The molecular formula is C20H22N4O3. The fraction of sp³-hybridized carbons (Fsp3) is 0.350. The van der Waals surface area contributed by atoms with Crippen LogP contribution in [0, 0.1) is 5.92 Å². The summed E-state index contributed by atoms with van der Waals surface area (Å²) in [4.78, 5) is 19.1. The zero-order chi connectivity index (χ0) is 18.8. The molecule has 1 aliphatic rings. The van der Waals surface area contributed by atoms with Gasteiger partial charge in [0.2, 0.25) is 0 Å². The van der Waals surface area contributed by atoms with Crippen molar-refractivity contribution in [2.75, 3.05) is 19.7 Å². The lowest BCUT2D eigenvalue weighted by atomic mass is 9.94. The second-order valence-corrected chi connectivity index (χ2v) is 6.92. The van der Waals surface area contributed by atoms with E-state index in [4.69, 9.17) is 0 Å². The van der Waals surface area contributed by atoms with Crippen LogP contribution in [0.5, 0.6) is 0 Å². The predicted molar refractivity (Wildman–Crippen MR) is 100 cm³/mol. The van der Waals surface area contributed by atoms with Crippen molar-refractivity contribution in [1.29, 1.82) is 0 Å². The van der Waals surface area contributed by atoms with Gasteiger partial charge in [-0.05, 0) is 24.1 Å². The van der Waals surface area contributed by atoms with Crippen LogP contribution in [0.15, 0.2) is 48.7 Å². The molecule has 1 aliphatic heterocycles. The molecule has 7 nitrogen and oxygen atoms in total. The summed E-state index contributed by atoms with van der Waals surface area (Å²) < 4.78 is 1.74. The molecule has 27 heavy (non-hydrogen) atoms. The Balaban J connectivity index is 1.65. The molecule has 4 rings (SSSR count). The van der Waals surface area contributed by atoms with E-state index >= 15 is 0 Å². The van der Waals surface area contributed by atoms with Gasteiger partial charge >= 0.3 is 0 Å². The summed E-state index contributed by atoms with van der Waals surface area (Å²) in [5, 5.41) is 24.7. The molecule has 140 valence electrons. The number of rotatable bonds is 4. The third-order valence-electron chi connectivity index (χ3n) is 5.13. The maximum Gasteiger partial charge on any atom is 0.275 e. The summed E-state index contributed by atoms with van der Waals surface area (Å²) in [5.41, 5.74) is 2.09. The van der Waals surface area contributed by atoms with E-state index in [1.807, 2.05) is 36.4 Å². The van der Waals surface area contributed by atoms with Gasteiger partial charge in [-0.25, -0.2) is 9.67 Å². The van der Waals surface area contributed by atoms with Crippen molar-refractivity contribution >= 4 is 16.9 Å². The third-order valence-corrected chi connectivity index (χ3v) is 5.13. The van der Waals surface area contributed by atoms with Gasteiger partial charge in [0.15, 0.2) is 11.3 Å². The van der Waals surface area contributed by atoms with Gasteiger partial charge < -0.3 is 15.1 Å². The van der Waals surface area contributed by atoms with Crippen molar-refractivity contribution in [2.24, 2.45) is 5.92 Å². The highest BCUT2D eigenvalue weighted by molar-refractivity contribution is 6.04. The van der Waals surface area contributed by atoms with Crippen LogP contribution < -0.4 is 0 Å². The molecule has 1 fully saturated rings. The van der Waals surface area contributed by atoms with Crippen LogP contribution in [-0.2, 0) is 6.54 Å². The van der Waals surface area contributed by atoms with Gasteiger partial charge in [-0.15, -0.1) is 0 Å². The first-order valence-electron chi connectivity index (χ1n) is 9.11. The Morgan fingerprint density at radius 3 is 2.74 bits per heavy atom. The lowest BCUT2D eigenvalue weighted by molar-refractivity contribution is 0.000701. The average Bonchev–Trinajstić information content (AvgIpc) is 3.07. The first-order valence-corrected chi connectivity index (χ1v) is 9.11. The van der Waals surface area contributed by atoms with E-state index in [0.717, 1.165) is 5.56 Å². The lowest BCUT2D eigenvalue weighted by Crippen LogP contribution is -2.47. The van der Waals surface area contributed by atoms with E-state index in [9.17, 15) is 15.0 Å². The molecule has 2 aromatic heterocycles. The molecule has 1 aromatic carbocycles. The highest BCUT2D eigenvalue weighted by atomic mass is 16.3. The number of carbonyl (C=O) groups excluding carboxylic acids is 1. The number of β-amino-alcohol motifs (C(OH)–C–C–N with tert-alkyl or cyclic N) is 1. The van der Waals surface area contributed by atoms with Crippen LogP contribution in [0.25, 0.3) is 11.0 Å². The number of benzene rings is 1. The van der Waals surface area contributed by atoms with Gasteiger partial charge in [0.05, 0.1) is 18.0 Å². The summed E-state index contributed by atoms with van der Waals surface area (Å²) in [6.45, 7) is 1.16. The minimum absolute atomic E-state index is 0.0677. The summed E-state index contributed by atoms with van der Waals surface area (Å²) in [7, 11) is 0. The van der Waals surface area contributed by atoms with Crippen LogP contribution in [0.4, 0.5) is 0 Å². The van der Waals surface area contributed by atoms with Gasteiger partial charge in [0.25, 0.3) is 5.91 Å². The van der Waals surface area contributed by atoms with Gasteiger partial charge in [-0.1, -0.05) is 30.3 Å². The van der Waals surface area contributed by atoms with Crippen molar-refractivity contribution in [3.8, 4) is 0 Å². The third kappa shape index (κ3) is 3.43. The second-order valence-electron chi connectivity index (χ2n) is 6.92. The van der Waals surface area contributed by atoms with Gasteiger partial charge in [0, 0.05) is 31.8 Å². The van der Waals surface area contributed by atoms with Crippen LogP contribution in [0.3, 0.4) is 0 Å². The predicted octanol–water partition coefficient (Wildman–Crippen LogP) is 1.29. The quantitative estimate of drug-likeness (QED) is 0.726. The number of pyridine rings is 1. The molecule has 0 unspecified atom stereocenters. The number of amides is 1. The van der Waals surface area contributed by atoms with Crippen molar-refractivity contribution in [2.45, 2.75) is 19.1 Å². The Kier molecular flexibility index (Phi) is 4.87. The van der Waals surface area contributed by atoms with Crippen LogP contribution >= 0.6 is 0 Å². The fourth-order valence-corrected chi connectivity index (χ4v) is 3.56. The molecule has 0 bridgehead atoms. The zero-order valence-corrected chi connectivity index (χ0v) is 14.9. The molecule has 0 spiro atoms. The SMILES string of the molecule is O=C(c1nn(Cc2ccccc2)c2ncccc12)N1CC[C@H](CO)[C@H](O)C1. The van der Waals surface area contributed by atoms with Crippen molar-refractivity contribution in [1.82, 2.24) is 19.7 Å². The summed E-state index contributed by atoms with van der Waals surface area (Å²) in [6, 6.07) is 13.5. The first kappa shape index (κ1) is 17.6. The van der Waals surface area contributed by atoms with Gasteiger partial charge in [-0.2, -0.15) is 5.10 Å². The van der Waals surface area contributed by atoms with Crippen molar-refractivity contribution in [3.05, 3.63) is 59.9 Å². The number of hydrogen-bond acceptors (Lipinski definition) is 5. The standard InChI is InChI=1S/C20H22N4O3/c25-13-15-8-10-23(12-17(15)26)20(27)18-16-7-4-9-21-19(16)24(22-18)11-14-5-2-1-3-6-14/h1-7,9,15,17,25-26H,8,10-13H2/t15-,17-/m1/s1. The summed E-state index contributed by atoms with van der Waals surface area (Å²) in [6.07, 6.45) is 1.55. The Labute approximate surface area is 156 Å². The molecule has 3 aromatic rings. The Morgan fingerprint density at radius 2 is 2.00 bits per heavy atom. The molecule has 0 aliphatic carbocycles. The van der Waals surface area contributed by atoms with E-state index in [1.165, 1.54) is 0 Å². The Bertz CT molecular complexity index is 941. The van der Waals surface area contributed by atoms with Crippen LogP contribution in [0.2, 0.25) is 0 Å². The first-order chi connectivity index (χ1) is 13.2. The molecule has 0 saturated carbocycles. The fourth-order valence-electron chi connectivity index (χ4n) is 3.56. The summed E-state index contributed by atoms with van der Waals surface area (Å²) >= 11 is 0. The lowest BCUT2D eigenvalue weighted by Gasteiger charge is -2.34. The van der Waals surface area contributed by atoms with Crippen LogP contribution in [0.1, 0.15) is 22.5 Å². The Morgan fingerprint density at radius 1 is 1.19 bits per heavy atom. The minimum atomic E-state index is -0.719. The number of likely N-dealkylation sites (tertiary alicyclic amines) is 1. The van der Waals surface area contributed by atoms with Gasteiger partial charge in [0.1, 0.15) is 0 Å². The monoisotopic (exact) mass is 366 g/mol. The molecule has 3 heterocycles. The minimum Gasteiger partial charge on any atom is -0.396 e. The number of nitrogens with zero attached hydrogens (tertiary/aromatic N) is 4. The summed E-state index contributed by atoms with van der Waals surface area (Å²) in [5.74, 6) is -0.390. The maximum atomic E-state index is 13.1.